The SMILES string of the molecule is CSc1cc(F)c(F)c(CO)c1. The lowest BCUT2D eigenvalue weighted by atomic mass is 10.2. The van der Waals surface area contributed by atoms with Crippen LogP contribution in [-0.4, -0.2) is 11.4 Å². The summed E-state index contributed by atoms with van der Waals surface area (Å²) in [7, 11) is 0. The van der Waals surface area contributed by atoms with Gasteiger partial charge in [-0.25, -0.2) is 8.78 Å². The maximum Gasteiger partial charge on any atom is 0.164 e. The average molecular weight is 190 g/mol. The molecule has 0 spiro atoms. The third-order valence-corrected chi connectivity index (χ3v) is 2.19. The Kier molecular flexibility index (Phi) is 3.05. The number of aliphatic hydroxyl groups is 1. The molecule has 1 N–H and O–H groups in total. The van der Waals surface area contributed by atoms with Crippen molar-refractivity contribution in [2.75, 3.05) is 6.26 Å². The summed E-state index contributed by atoms with van der Waals surface area (Å²) >= 11 is 1.30. The molecule has 12 heavy (non-hydrogen) atoms. The fourth-order valence-electron chi connectivity index (χ4n) is 0.851. The van der Waals surface area contributed by atoms with E-state index in [9.17, 15) is 8.78 Å². The summed E-state index contributed by atoms with van der Waals surface area (Å²) in [6.45, 7) is -0.475. The van der Waals surface area contributed by atoms with Crippen LogP contribution >= 0.6 is 11.8 Å². The van der Waals surface area contributed by atoms with Gasteiger partial charge in [-0.15, -0.1) is 11.8 Å². The van der Waals surface area contributed by atoms with Crippen LogP contribution in [0.4, 0.5) is 8.78 Å². The summed E-state index contributed by atoms with van der Waals surface area (Å²) < 4.78 is 25.5. The minimum absolute atomic E-state index is 0.000602. The molecule has 0 saturated heterocycles. The van der Waals surface area contributed by atoms with Crippen molar-refractivity contribution in [3.8, 4) is 0 Å². The van der Waals surface area contributed by atoms with Crippen LogP contribution in [0.5, 0.6) is 0 Å². The zero-order chi connectivity index (χ0) is 9.14. The van der Waals surface area contributed by atoms with Crippen molar-refractivity contribution in [2.24, 2.45) is 0 Å². The summed E-state index contributed by atoms with van der Waals surface area (Å²) in [5.74, 6) is -1.87. The molecule has 0 atom stereocenters. The highest BCUT2D eigenvalue weighted by atomic mass is 32.2. The first kappa shape index (κ1) is 9.48. The van der Waals surface area contributed by atoms with Gasteiger partial charge in [-0.3, -0.25) is 0 Å². The summed E-state index contributed by atoms with van der Waals surface area (Å²) in [6, 6.07) is 2.54. The van der Waals surface area contributed by atoms with Gasteiger partial charge in [-0.1, -0.05) is 0 Å². The smallest absolute Gasteiger partial charge is 0.164 e. The van der Waals surface area contributed by atoms with E-state index in [1.807, 2.05) is 0 Å². The Hall–Kier alpha value is -0.610. The zero-order valence-electron chi connectivity index (χ0n) is 6.47. The third kappa shape index (κ3) is 1.76. The molecule has 4 heteroatoms. The normalized spacial score (nSPS) is 10.3. The van der Waals surface area contributed by atoms with Crippen LogP contribution in [-0.2, 0) is 6.61 Å². The van der Waals surface area contributed by atoms with Gasteiger partial charge in [0.25, 0.3) is 0 Å². The monoisotopic (exact) mass is 190 g/mol. The van der Waals surface area contributed by atoms with Crippen molar-refractivity contribution in [3.05, 3.63) is 29.3 Å². The molecular weight excluding hydrogens is 182 g/mol. The molecule has 0 heterocycles. The standard InChI is InChI=1S/C8H8F2OS/c1-12-6-2-5(4-11)8(10)7(9)3-6/h2-3,11H,4H2,1H3. The topological polar surface area (TPSA) is 20.2 Å². The molecule has 1 nitrogen and oxygen atoms in total. The molecule has 0 aliphatic carbocycles. The number of thioether (sulfide) groups is 1. The van der Waals surface area contributed by atoms with Crippen molar-refractivity contribution >= 4 is 11.8 Å². The van der Waals surface area contributed by atoms with E-state index in [1.54, 1.807) is 6.26 Å². The lowest BCUT2D eigenvalue weighted by molar-refractivity contribution is 0.273. The molecule has 0 saturated carbocycles. The summed E-state index contributed by atoms with van der Waals surface area (Å²) in [5.41, 5.74) is -0.000602. The second-order valence-electron chi connectivity index (χ2n) is 2.24. The van der Waals surface area contributed by atoms with Gasteiger partial charge >= 0.3 is 0 Å². The minimum atomic E-state index is -0.963. The maximum atomic E-state index is 12.8. The molecule has 0 aliphatic heterocycles. The van der Waals surface area contributed by atoms with Crippen molar-refractivity contribution in [3.63, 3.8) is 0 Å². The number of hydrogen-bond acceptors (Lipinski definition) is 2. The molecule has 1 aromatic carbocycles. The summed E-state index contributed by atoms with van der Waals surface area (Å²) in [6.07, 6.45) is 1.76. The lowest BCUT2D eigenvalue weighted by Crippen LogP contribution is -1.94. The van der Waals surface area contributed by atoms with Crippen LogP contribution in [0.25, 0.3) is 0 Å². The molecule has 0 aromatic heterocycles. The van der Waals surface area contributed by atoms with E-state index in [4.69, 9.17) is 5.11 Å². The van der Waals surface area contributed by atoms with Crippen molar-refractivity contribution in [1.82, 2.24) is 0 Å². The number of rotatable bonds is 2. The summed E-state index contributed by atoms with van der Waals surface area (Å²) in [4.78, 5) is 0.609. The van der Waals surface area contributed by atoms with E-state index in [1.165, 1.54) is 17.8 Å². The largest absolute Gasteiger partial charge is 0.392 e. The van der Waals surface area contributed by atoms with Crippen LogP contribution in [0, 0.1) is 11.6 Å². The van der Waals surface area contributed by atoms with Crippen LogP contribution < -0.4 is 0 Å². The highest BCUT2D eigenvalue weighted by molar-refractivity contribution is 7.98. The predicted molar refractivity (Wildman–Crippen MR) is 44.1 cm³/mol. The van der Waals surface area contributed by atoms with Crippen LogP contribution in [0.2, 0.25) is 0 Å². The van der Waals surface area contributed by atoms with Crippen molar-refractivity contribution < 1.29 is 13.9 Å². The Morgan fingerprint density at radius 3 is 2.58 bits per heavy atom. The Morgan fingerprint density at radius 2 is 2.08 bits per heavy atom. The maximum absolute atomic E-state index is 12.8. The highest BCUT2D eigenvalue weighted by Crippen LogP contribution is 2.21. The van der Waals surface area contributed by atoms with E-state index in [-0.39, 0.29) is 5.56 Å². The first-order chi connectivity index (χ1) is 5.69. The fourth-order valence-corrected chi connectivity index (χ4v) is 1.33. The molecule has 0 bridgehead atoms. The number of aliphatic hydroxyl groups excluding tert-OH is 1. The van der Waals surface area contributed by atoms with E-state index < -0.39 is 18.2 Å². The second-order valence-corrected chi connectivity index (χ2v) is 3.12. The summed E-state index contributed by atoms with van der Waals surface area (Å²) in [5, 5.41) is 8.65. The van der Waals surface area contributed by atoms with Gasteiger partial charge in [0.1, 0.15) is 0 Å². The molecule has 66 valence electrons. The highest BCUT2D eigenvalue weighted by Gasteiger charge is 2.08. The van der Waals surface area contributed by atoms with Gasteiger partial charge in [0.15, 0.2) is 11.6 Å². The molecule has 0 amide bonds. The molecule has 0 fully saturated rings. The van der Waals surface area contributed by atoms with Crippen LogP contribution in [0.3, 0.4) is 0 Å². The first-order valence-electron chi connectivity index (χ1n) is 3.31. The van der Waals surface area contributed by atoms with Gasteiger partial charge in [0.2, 0.25) is 0 Å². The van der Waals surface area contributed by atoms with Gasteiger partial charge in [0, 0.05) is 10.5 Å². The quantitative estimate of drug-likeness (QED) is 0.721. The van der Waals surface area contributed by atoms with Crippen molar-refractivity contribution in [1.29, 1.82) is 0 Å². The molecule has 0 unspecified atom stereocenters. The number of hydrogen-bond donors (Lipinski definition) is 1. The third-order valence-electron chi connectivity index (χ3n) is 1.48. The minimum Gasteiger partial charge on any atom is -0.392 e. The lowest BCUT2D eigenvalue weighted by Gasteiger charge is -2.02. The van der Waals surface area contributed by atoms with E-state index >= 15 is 0 Å². The fraction of sp³-hybridized carbons (Fsp3) is 0.250. The number of benzene rings is 1. The van der Waals surface area contributed by atoms with Gasteiger partial charge in [-0.2, -0.15) is 0 Å². The molecule has 1 aromatic rings. The zero-order valence-corrected chi connectivity index (χ0v) is 7.29. The Bertz CT molecular complexity index is 289. The molecule has 0 aliphatic rings. The Morgan fingerprint density at radius 1 is 1.42 bits per heavy atom. The van der Waals surface area contributed by atoms with Crippen LogP contribution in [0.1, 0.15) is 5.56 Å². The average Bonchev–Trinajstić information content (AvgIpc) is 2.09. The number of halogens is 2. The van der Waals surface area contributed by atoms with E-state index in [0.29, 0.717) is 4.90 Å². The molecule has 0 radical (unpaired) electrons. The van der Waals surface area contributed by atoms with Gasteiger partial charge < -0.3 is 5.11 Å². The Balaban J connectivity index is 3.19. The Labute approximate surface area is 73.4 Å². The van der Waals surface area contributed by atoms with Crippen molar-refractivity contribution in [2.45, 2.75) is 11.5 Å². The van der Waals surface area contributed by atoms with E-state index in [0.717, 1.165) is 6.07 Å². The predicted octanol–water partition coefficient (Wildman–Crippen LogP) is 2.18. The first-order valence-corrected chi connectivity index (χ1v) is 4.54. The second kappa shape index (κ2) is 3.87. The van der Waals surface area contributed by atoms with E-state index in [2.05, 4.69) is 0 Å². The van der Waals surface area contributed by atoms with Gasteiger partial charge in [-0.05, 0) is 18.4 Å². The van der Waals surface area contributed by atoms with Crippen LogP contribution in [0.15, 0.2) is 17.0 Å². The van der Waals surface area contributed by atoms with Gasteiger partial charge in [0.05, 0.1) is 6.61 Å². The molecule has 1 rings (SSSR count). The molecular formula is C8H8F2OS.